The number of imidazole rings is 1. The second kappa shape index (κ2) is 8.75. The lowest BCUT2D eigenvalue weighted by Gasteiger charge is -2.18. The summed E-state index contributed by atoms with van der Waals surface area (Å²) in [6, 6.07) is 0. The molecule has 2 aromatic heterocycles. The van der Waals surface area contributed by atoms with Crippen molar-refractivity contribution in [1.82, 2.24) is 24.4 Å². The lowest BCUT2D eigenvalue weighted by Crippen LogP contribution is -2.33. The summed E-state index contributed by atoms with van der Waals surface area (Å²) in [7, 11) is 0. The number of aliphatic hydroxyl groups is 3. The number of fused-ring (bicyclic) bond motifs is 1. The highest BCUT2D eigenvalue weighted by Crippen LogP contribution is 2.31. The Balaban J connectivity index is 1.89. The first-order valence-electron chi connectivity index (χ1n) is 9.32. The van der Waals surface area contributed by atoms with E-state index in [4.69, 9.17) is 4.74 Å². The second-order valence-electron chi connectivity index (χ2n) is 6.66. The van der Waals surface area contributed by atoms with Gasteiger partial charge in [-0.3, -0.25) is 4.57 Å². The van der Waals surface area contributed by atoms with Crippen LogP contribution >= 0.6 is 0 Å². The Bertz CT molecular complexity index is 774. The van der Waals surface area contributed by atoms with E-state index in [2.05, 4.69) is 33.7 Å². The molecule has 3 N–H and O–H groups in total. The molecule has 1 saturated heterocycles. The van der Waals surface area contributed by atoms with Crippen LogP contribution in [0.25, 0.3) is 17.2 Å². The maximum absolute atomic E-state index is 10.3. The van der Waals surface area contributed by atoms with Crippen LogP contribution < -0.4 is 0 Å². The summed E-state index contributed by atoms with van der Waals surface area (Å²) in [6.45, 7) is 5.84. The molecule has 0 unspecified atom stereocenters. The Morgan fingerprint density at radius 1 is 1.15 bits per heavy atom. The molecule has 0 radical (unpaired) electrons. The topological polar surface area (TPSA) is 117 Å². The number of aliphatic hydroxyl groups excluding tert-OH is 3. The van der Waals surface area contributed by atoms with Crippen LogP contribution in [0.3, 0.4) is 0 Å². The number of aromatic nitrogens is 4. The molecule has 3 heterocycles. The van der Waals surface area contributed by atoms with Crippen molar-refractivity contribution in [1.29, 1.82) is 0 Å². The minimum atomic E-state index is -1.18. The first-order valence-corrected chi connectivity index (χ1v) is 9.32. The Labute approximate surface area is 157 Å². The average Bonchev–Trinajstić information content (AvgIpc) is 3.22. The van der Waals surface area contributed by atoms with Crippen LogP contribution in [0.4, 0.5) is 0 Å². The van der Waals surface area contributed by atoms with Crippen molar-refractivity contribution in [2.75, 3.05) is 19.7 Å². The zero-order valence-electron chi connectivity index (χ0n) is 15.6. The summed E-state index contributed by atoms with van der Waals surface area (Å²) >= 11 is 0. The minimum Gasteiger partial charge on any atom is -0.394 e. The van der Waals surface area contributed by atoms with Gasteiger partial charge in [-0.2, -0.15) is 0 Å². The zero-order valence-corrected chi connectivity index (χ0v) is 15.6. The minimum absolute atomic E-state index is 0.380. The summed E-state index contributed by atoms with van der Waals surface area (Å²) in [6.07, 6.45) is 4.91. The molecule has 1 aliphatic heterocycles. The SMILES string of the molecule is CCCN(/C=C/c1ncnc2c1ncn2[C@H]1O[C@@H](CO)[C@H](O)[C@@H]1O)CCC. The molecule has 0 bridgehead atoms. The molecule has 1 fully saturated rings. The van der Waals surface area contributed by atoms with E-state index >= 15 is 0 Å². The van der Waals surface area contributed by atoms with Gasteiger partial charge in [0, 0.05) is 19.3 Å². The van der Waals surface area contributed by atoms with Crippen molar-refractivity contribution >= 4 is 17.2 Å². The largest absolute Gasteiger partial charge is 0.394 e. The molecule has 27 heavy (non-hydrogen) atoms. The van der Waals surface area contributed by atoms with E-state index in [1.54, 1.807) is 4.57 Å². The highest BCUT2D eigenvalue weighted by atomic mass is 16.6. The third-order valence-corrected chi connectivity index (χ3v) is 4.64. The molecule has 0 aliphatic carbocycles. The van der Waals surface area contributed by atoms with Gasteiger partial charge in [0.2, 0.25) is 0 Å². The van der Waals surface area contributed by atoms with E-state index in [0.717, 1.165) is 25.9 Å². The molecule has 0 spiro atoms. The average molecular weight is 377 g/mol. The fraction of sp³-hybridized carbons (Fsp3) is 0.611. The summed E-state index contributed by atoms with van der Waals surface area (Å²) in [5.41, 5.74) is 1.75. The monoisotopic (exact) mass is 377 g/mol. The van der Waals surface area contributed by atoms with Crippen molar-refractivity contribution in [2.24, 2.45) is 0 Å². The third kappa shape index (κ3) is 3.96. The van der Waals surface area contributed by atoms with Crippen molar-refractivity contribution in [3.8, 4) is 0 Å². The van der Waals surface area contributed by atoms with E-state index in [1.165, 1.54) is 12.7 Å². The predicted molar refractivity (Wildman–Crippen MR) is 99.5 cm³/mol. The van der Waals surface area contributed by atoms with Gasteiger partial charge in [0.1, 0.15) is 30.2 Å². The summed E-state index contributed by atoms with van der Waals surface area (Å²) < 4.78 is 7.14. The van der Waals surface area contributed by atoms with Gasteiger partial charge < -0.3 is 25.0 Å². The van der Waals surface area contributed by atoms with Crippen LogP contribution in [-0.4, -0.2) is 77.7 Å². The standard InChI is InChI=1S/C18H27N5O4/c1-3-6-22(7-4-2)8-5-12-14-17(20-10-19-12)23(11-21-14)18-16(26)15(25)13(9-24)27-18/h5,8,10-11,13,15-16,18,24-26H,3-4,6-7,9H2,1-2H3/b8-5+/t13-,15-,16-,18-/m0/s1. The van der Waals surface area contributed by atoms with Gasteiger partial charge in [0.15, 0.2) is 11.9 Å². The number of rotatable bonds is 8. The number of hydrogen-bond acceptors (Lipinski definition) is 8. The van der Waals surface area contributed by atoms with E-state index in [9.17, 15) is 15.3 Å². The van der Waals surface area contributed by atoms with Crippen molar-refractivity contribution in [2.45, 2.75) is 51.2 Å². The lowest BCUT2D eigenvalue weighted by atomic mass is 10.1. The molecule has 9 heteroatoms. The fourth-order valence-electron chi connectivity index (χ4n) is 3.30. The number of nitrogens with zero attached hydrogens (tertiary/aromatic N) is 5. The first kappa shape index (κ1) is 19.7. The molecule has 2 aromatic rings. The molecule has 148 valence electrons. The second-order valence-corrected chi connectivity index (χ2v) is 6.66. The third-order valence-electron chi connectivity index (χ3n) is 4.64. The molecular formula is C18H27N5O4. The van der Waals surface area contributed by atoms with Crippen LogP contribution in [0.15, 0.2) is 18.9 Å². The van der Waals surface area contributed by atoms with Gasteiger partial charge in [-0.05, 0) is 18.9 Å². The molecular weight excluding hydrogens is 350 g/mol. The Morgan fingerprint density at radius 3 is 2.52 bits per heavy atom. The fourth-order valence-corrected chi connectivity index (χ4v) is 3.30. The van der Waals surface area contributed by atoms with Gasteiger partial charge in [0.05, 0.1) is 18.6 Å². The van der Waals surface area contributed by atoms with Gasteiger partial charge in [-0.25, -0.2) is 15.0 Å². The zero-order chi connectivity index (χ0) is 19.4. The van der Waals surface area contributed by atoms with E-state index < -0.39 is 24.5 Å². The molecule has 3 rings (SSSR count). The van der Waals surface area contributed by atoms with E-state index in [-0.39, 0.29) is 6.61 Å². The smallest absolute Gasteiger partial charge is 0.166 e. The van der Waals surface area contributed by atoms with Crippen LogP contribution in [0, 0.1) is 0 Å². The molecule has 4 atom stereocenters. The molecule has 0 amide bonds. The maximum atomic E-state index is 10.3. The van der Waals surface area contributed by atoms with Gasteiger partial charge in [-0.15, -0.1) is 0 Å². The Hall–Kier alpha value is -2.07. The van der Waals surface area contributed by atoms with Crippen molar-refractivity contribution in [3.05, 3.63) is 24.5 Å². The quantitative estimate of drug-likeness (QED) is 0.610. The first-order chi connectivity index (χ1) is 13.1. The van der Waals surface area contributed by atoms with Gasteiger partial charge >= 0.3 is 0 Å². The number of hydrogen-bond donors (Lipinski definition) is 3. The van der Waals surface area contributed by atoms with Crippen molar-refractivity contribution < 1.29 is 20.1 Å². The van der Waals surface area contributed by atoms with Gasteiger partial charge in [-0.1, -0.05) is 13.8 Å². The molecule has 0 saturated carbocycles. The van der Waals surface area contributed by atoms with E-state index in [0.29, 0.717) is 16.9 Å². The molecule has 0 aromatic carbocycles. The van der Waals surface area contributed by atoms with Crippen LogP contribution in [0.1, 0.15) is 38.6 Å². The molecule has 1 aliphatic rings. The normalized spacial score (nSPS) is 25.7. The van der Waals surface area contributed by atoms with Crippen LogP contribution in [-0.2, 0) is 4.74 Å². The highest BCUT2D eigenvalue weighted by molar-refractivity contribution is 5.79. The summed E-state index contributed by atoms with van der Waals surface area (Å²) in [5.74, 6) is 0. The summed E-state index contributed by atoms with van der Waals surface area (Å²) in [5, 5.41) is 29.5. The maximum Gasteiger partial charge on any atom is 0.166 e. The highest BCUT2D eigenvalue weighted by Gasteiger charge is 2.43. The van der Waals surface area contributed by atoms with E-state index in [1.807, 2.05) is 12.3 Å². The van der Waals surface area contributed by atoms with Crippen LogP contribution in [0.2, 0.25) is 0 Å². The predicted octanol–water partition coefficient (Wildman–Crippen LogP) is 0.530. The van der Waals surface area contributed by atoms with Gasteiger partial charge in [0.25, 0.3) is 0 Å². The Morgan fingerprint density at radius 2 is 1.89 bits per heavy atom. The Kier molecular flexibility index (Phi) is 6.38. The van der Waals surface area contributed by atoms with Crippen LogP contribution in [0.5, 0.6) is 0 Å². The summed E-state index contributed by atoms with van der Waals surface area (Å²) in [4.78, 5) is 15.2. The lowest BCUT2D eigenvalue weighted by molar-refractivity contribution is -0.0511. The molecule has 9 nitrogen and oxygen atoms in total. The van der Waals surface area contributed by atoms with Crippen molar-refractivity contribution in [3.63, 3.8) is 0 Å². The number of ether oxygens (including phenoxy) is 1.